The third kappa shape index (κ3) is 1.93. The second kappa shape index (κ2) is 3.92. The Labute approximate surface area is 99.1 Å². The van der Waals surface area contributed by atoms with E-state index in [4.69, 9.17) is 10.3 Å². The molecular formula is C12H14N4O. The number of rotatable bonds is 3. The SMILES string of the molecule is CC1CC1c1noc(-c2ccc(CN)cn2)n1. The van der Waals surface area contributed by atoms with Crippen LogP contribution in [0.4, 0.5) is 0 Å². The zero-order valence-electron chi connectivity index (χ0n) is 9.63. The monoisotopic (exact) mass is 230 g/mol. The van der Waals surface area contributed by atoms with Crippen LogP contribution < -0.4 is 5.73 Å². The number of hydrogen-bond acceptors (Lipinski definition) is 5. The van der Waals surface area contributed by atoms with Crippen LogP contribution in [0.15, 0.2) is 22.9 Å². The summed E-state index contributed by atoms with van der Waals surface area (Å²) in [5.41, 5.74) is 7.21. The molecule has 0 saturated heterocycles. The highest BCUT2D eigenvalue weighted by Crippen LogP contribution is 2.45. The second-order valence-corrected chi connectivity index (χ2v) is 4.53. The number of pyridine rings is 1. The summed E-state index contributed by atoms with van der Waals surface area (Å²) in [6.45, 7) is 2.68. The fraction of sp³-hybridized carbons (Fsp3) is 0.417. The Hall–Kier alpha value is -1.75. The molecule has 0 radical (unpaired) electrons. The first-order valence-electron chi connectivity index (χ1n) is 5.77. The normalized spacial score (nSPS) is 22.7. The summed E-state index contributed by atoms with van der Waals surface area (Å²) in [4.78, 5) is 8.63. The molecule has 1 aliphatic rings. The molecule has 0 spiro atoms. The molecule has 0 bridgehead atoms. The molecule has 2 aromatic heterocycles. The number of aromatic nitrogens is 3. The first kappa shape index (κ1) is 10.4. The lowest BCUT2D eigenvalue weighted by atomic mass is 10.2. The lowest BCUT2D eigenvalue weighted by Crippen LogP contribution is -1.96. The van der Waals surface area contributed by atoms with E-state index in [9.17, 15) is 0 Å². The van der Waals surface area contributed by atoms with Gasteiger partial charge in [-0.3, -0.25) is 4.98 Å². The van der Waals surface area contributed by atoms with Gasteiger partial charge in [0.25, 0.3) is 5.89 Å². The predicted octanol–water partition coefficient (Wildman–Crippen LogP) is 1.71. The summed E-state index contributed by atoms with van der Waals surface area (Å²) in [6, 6.07) is 3.78. The van der Waals surface area contributed by atoms with Gasteiger partial charge in [0.2, 0.25) is 0 Å². The van der Waals surface area contributed by atoms with Crippen LogP contribution in [0.1, 0.15) is 30.7 Å². The van der Waals surface area contributed by atoms with Crippen molar-refractivity contribution in [2.24, 2.45) is 11.7 Å². The fourth-order valence-corrected chi connectivity index (χ4v) is 1.84. The van der Waals surface area contributed by atoms with Gasteiger partial charge < -0.3 is 10.3 Å². The van der Waals surface area contributed by atoms with Gasteiger partial charge in [0, 0.05) is 18.7 Å². The molecular weight excluding hydrogens is 216 g/mol. The molecule has 2 unspecified atom stereocenters. The maximum atomic E-state index is 5.51. The zero-order valence-corrected chi connectivity index (χ0v) is 9.63. The molecule has 2 N–H and O–H groups in total. The van der Waals surface area contributed by atoms with Crippen molar-refractivity contribution in [3.8, 4) is 11.6 Å². The van der Waals surface area contributed by atoms with Gasteiger partial charge in [0.05, 0.1) is 0 Å². The van der Waals surface area contributed by atoms with E-state index in [0.717, 1.165) is 17.8 Å². The van der Waals surface area contributed by atoms with Gasteiger partial charge >= 0.3 is 0 Å². The molecule has 1 fully saturated rings. The molecule has 88 valence electrons. The average molecular weight is 230 g/mol. The third-order valence-electron chi connectivity index (χ3n) is 3.16. The van der Waals surface area contributed by atoms with Crippen LogP contribution in [0, 0.1) is 5.92 Å². The van der Waals surface area contributed by atoms with Crippen LogP contribution in [0.5, 0.6) is 0 Å². The molecule has 5 nitrogen and oxygen atoms in total. The smallest absolute Gasteiger partial charge is 0.276 e. The Kier molecular flexibility index (Phi) is 2.40. The molecule has 2 atom stereocenters. The van der Waals surface area contributed by atoms with E-state index in [1.807, 2.05) is 12.1 Å². The predicted molar refractivity (Wildman–Crippen MR) is 61.9 cm³/mol. The van der Waals surface area contributed by atoms with Crippen molar-refractivity contribution >= 4 is 0 Å². The van der Waals surface area contributed by atoms with Gasteiger partial charge in [-0.1, -0.05) is 18.1 Å². The quantitative estimate of drug-likeness (QED) is 0.868. The van der Waals surface area contributed by atoms with Crippen LogP contribution in [0.25, 0.3) is 11.6 Å². The molecule has 3 rings (SSSR count). The van der Waals surface area contributed by atoms with Gasteiger partial charge in [-0.15, -0.1) is 0 Å². The van der Waals surface area contributed by atoms with Crippen molar-refractivity contribution in [3.05, 3.63) is 29.7 Å². The number of hydrogen-bond donors (Lipinski definition) is 1. The van der Waals surface area contributed by atoms with E-state index in [-0.39, 0.29) is 0 Å². The number of nitrogens with zero attached hydrogens (tertiary/aromatic N) is 3. The van der Waals surface area contributed by atoms with E-state index in [2.05, 4.69) is 22.0 Å². The largest absolute Gasteiger partial charge is 0.332 e. The molecule has 0 aromatic carbocycles. The maximum absolute atomic E-state index is 5.51. The van der Waals surface area contributed by atoms with E-state index >= 15 is 0 Å². The highest BCUT2D eigenvalue weighted by molar-refractivity contribution is 5.46. The summed E-state index contributed by atoms with van der Waals surface area (Å²) in [6.07, 6.45) is 2.89. The van der Waals surface area contributed by atoms with Crippen LogP contribution >= 0.6 is 0 Å². The highest BCUT2D eigenvalue weighted by Gasteiger charge is 2.38. The van der Waals surface area contributed by atoms with Gasteiger partial charge in [0.1, 0.15) is 5.69 Å². The molecule has 0 amide bonds. The van der Waals surface area contributed by atoms with Gasteiger partial charge in [-0.05, 0) is 24.0 Å². The van der Waals surface area contributed by atoms with Crippen LogP contribution in [0.2, 0.25) is 0 Å². The molecule has 17 heavy (non-hydrogen) atoms. The van der Waals surface area contributed by atoms with Crippen molar-refractivity contribution < 1.29 is 4.52 Å². The minimum atomic E-state index is 0.468. The van der Waals surface area contributed by atoms with Crippen LogP contribution in [-0.4, -0.2) is 15.1 Å². The van der Waals surface area contributed by atoms with Crippen molar-refractivity contribution in [1.82, 2.24) is 15.1 Å². The Balaban J connectivity index is 1.85. The maximum Gasteiger partial charge on any atom is 0.276 e. The average Bonchev–Trinajstić information content (AvgIpc) is 2.92. The molecule has 2 aromatic rings. The van der Waals surface area contributed by atoms with Gasteiger partial charge in [-0.2, -0.15) is 4.98 Å². The van der Waals surface area contributed by atoms with Crippen molar-refractivity contribution in [1.29, 1.82) is 0 Å². The molecule has 0 aliphatic heterocycles. The summed E-state index contributed by atoms with van der Waals surface area (Å²) in [5, 5.41) is 4.00. The van der Waals surface area contributed by atoms with E-state index in [0.29, 0.717) is 30.0 Å². The lowest BCUT2D eigenvalue weighted by Gasteiger charge is -1.96. The minimum absolute atomic E-state index is 0.468. The van der Waals surface area contributed by atoms with Gasteiger partial charge in [-0.25, -0.2) is 0 Å². The molecule has 2 heterocycles. The zero-order chi connectivity index (χ0) is 11.8. The van der Waals surface area contributed by atoms with E-state index in [1.54, 1.807) is 6.20 Å². The standard InChI is InChI=1S/C12H14N4O/c1-7-4-9(7)11-15-12(17-16-11)10-3-2-8(5-13)6-14-10/h2-3,6-7,9H,4-5,13H2,1H3. The van der Waals surface area contributed by atoms with Crippen molar-refractivity contribution in [2.45, 2.75) is 25.8 Å². The lowest BCUT2D eigenvalue weighted by molar-refractivity contribution is 0.420. The van der Waals surface area contributed by atoms with E-state index < -0.39 is 0 Å². The summed E-state index contributed by atoms with van der Waals surface area (Å²) >= 11 is 0. The Morgan fingerprint density at radius 3 is 2.88 bits per heavy atom. The van der Waals surface area contributed by atoms with E-state index in [1.165, 1.54) is 0 Å². The number of nitrogens with two attached hydrogens (primary N) is 1. The van der Waals surface area contributed by atoms with Crippen molar-refractivity contribution in [2.75, 3.05) is 0 Å². The first-order valence-corrected chi connectivity index (χ1v) is 5.77. The van der Waals surface area contributed by atoms with Crippen LogP contribution in [-0.2, 0) is 6.54 Å². The summed E-state index contributed by atoms with van der Waals surface area (Å²) in [5.74, 6) is 2.43. The fourth-order valence-electron chi connectivity index (χ4n) is 1.84. The topological polar surface area (TPSA) is 77.8 Å². The highest BCUT2D eigenvalue weighted by atomic mass is 16.5. The Morgan fingerprint density at radius 2 is 2.29 bits per heavy atom. The first-order chi connectivity index (χ1) is 8.28. The Bertz CT molecular complexity index is 520. The molecule has 1 saturated carbocycles. The second-order valence-electron chi connectivity index (χ2n) is 4.53. The molecule has 1 aliphatic carbocycles. The third-order valence-corrected chi connectivity index (χ3v) is 3.16. The van der Waals surface area contributed by atoms with Gasteiger partial charge in [0.15, 0.2) is 5.82 Å². The van der Waals surface area contributed by atoms with Crippen LogP contribution in [0.3, 0.4) is 0 Å². The van der Waals surface area contributed by atoms with Crippen molar-refractivity contribution in [3.63, 3.8) is 0 Å². The minimum Gasteiger partial charge on any atom is -0.332 e. The summed E-state index contributed by atoms with van der Waals surface area (Å²) in [7, 11) is 0. The summed E-state index contributed by atoms with van der Waals surface area (Å²) < 4.78 is 5.22. The Morgan fingerprint density at radius 1 is 1.47 bits per heavy atom. The molecule has 5 heteroatoms.